The predicted octanol–water partition coefficient (Wildman–Crippen LogP) is 3.46. The van der Waals surface area contributed by atoms with Crippen LogP contribution in [0.2, 0.25) is 0 Å². The minimum atomic E-state index is -0.105. The number of halogens is 2. The normalized spacial score (nSPS) is 13.0. The molecule has 1 aromatic rings. The SMILES string of the molecule is Cc1ccc(F)c(CC(C)Br)c1. The first-order valence-electron chi connectivity index (χ1n) is 3.98. The van der Waals surface area contributed by atoms with Gasteiger partial charge in [-0.05, 0) is 25.0 Å². The number of hydrogen-bond acceptors (Lipinski definition) is 0. The Morgan fingerprint density at radius 1 is 1.50 bits per heavy atom. The first-order valence-corrected chi connectivity index (χ1v) is 4.90. The van der Waals surface area contributed by atoms with Gasteiger partial charge in [-0.25, -0.2) is 4.39 Å². The van der Waals surface area contributed by atoms with Crippen LogP contribution in [0.4, 0.5) is 4.39 Å². The molecule has 2 heteroatoms. The summed E-state index contributed by atoms with van der Waals surface area (Å²) in [5.74, 6) is -0.105. The highest BCUT2D eigenvalue weighted by atomic mass is 79.9. The van der Waals surface area contributed by atoms with Crippen molar-refractivity contribution in [2.75, 3.05) is 0 Å². The summed E-state index contributed by atoms with van der Waals surface area (Å²) >= 11 is 3.40. The van der Waals surface area contributed by atoms with Crippen molar-refractivity contribution < 1.29 is 4.39 Å². The van der Waals surface area contributed by atoms with Gasteiger partial charge in [0, 0.05) is 4.83 Å². The molecule has 1 unspecified atom stereocenters. The molecule has 0 N–H and O–H groups in total. The smallest absolute Gasteiger partial charge is 0.126 e. The lowest BCUT2D eigenvalue weighted by atomic mass is 10.1. The summed E-state index contributed by atoms with van der Waals surface area (Å²) in [6.07, 6.45) is 0.744. The topological polar surface area (TPSA) is 0 Å². The summed E-state index contributed by atoms with van der Waals surface area (Å²) in [6, 6.07) is 5.21. The fourth-order valence-electron chi connectivity index (χ4n) is 1.16. The van der Waals surface area contributed by atoms with E-state index in [1.165, 1.54) is 6.07 Å². The van der Waals surface area contributed by atoms with Crippen molar-refractivity contribution >= 4 is 15.9 Å². The maximum Gasteiger partial charge on any atom is 0.126 e. The minimum Gasteiger partial charge on any atom is -0.207 e. The van der Waals surface area contributed by atoms with Crippen molar-refractivity contribution in [3.8, 4) is 0 Å². The molecule has 0 aliphatic heterocycles. The van der Waals surface area contributed by atoms with E-state index in [1.807, 2.05) is 19.9 Å². The Hall–Kier alpha value is -0.370. The molecule has 0 bridgehead atoms. The molecule has 0 radical (unpaired) electrons. The van der Waals surface area contributed by atoms with Gasteiger partial charge in [0.1, 0.15) is 5.82 Å². The number of alkyl halides is 1. The third kappa shape index (κ3) is 2.59. The average molecular weight is 231 g/mol. The fraction of sp³-hybridized carbons (Fsp3) is 0.400. The molecule has 0 aliphatic rings. The number of rotatable bonds is 2. The Morgan fingerprint density at radius 3 is 2.75 bits per heavy atom. The Kier molecular flexibility index (Phi) is 3.27. The summed E-state index contributed by atoms with van der Waals surface area (Å²) in [5, 5.41) is 0. The van der Waals surface area contributed by atoms with Crippen molar-refractivity contribution in [3.63, 3.8) is 0 Å². The monoisotopic (exact) mass is 230 g/mol. The largest absolute Gasteiger partial charge is 0.207 e. The Bertz CT molecular complexity index is 269. The first kappa shape index (κ1) is 9.72. The number of aryl methyl sites for hydroxylation is 1. The molecular formula is C10H12BrF. The average Bonchev–Trinajstić information content (AvgIpc) is 1.96. The van der Waals surface area contributed by atoms with E-state index in [0.717, 1.165) is 17.5 Å². The highest BCUT2D eigenvalue weighted by molar-refractivity contribution is 9.09. The van der Waals surface area contributed by atoms with Crippen molar-refractivity contribution in [1.82, 2.24) is 0 Å². The molecule has 66 valence electrons. The third-order valence-corrected chi connectivity index (χ3v) is 2.03. The molecule has 0 saturated carbocycles. The van der Waals surface area contributed by atoms with Gasteiger partial charge < -0.3 is 0 Å². The van der Waals surface area contributed by atoms with Crippen LogP contribution in [0.3, 0.4) is 0 Å². The van der Waals surface area contributed by atoms with E-state index in [9.17, 15) is 4.39 Å². The number of hydrogen-bond donors (Lipinski definition) is 0. The lowest BCUT2D eigenvalue weighted by Crippen LogP contribution is -1.99. The van der Waals surface area contributed by atoms with Gasteiger partial charge in [-0.15, -0.1) is 0 Å². The lowest BCUT2D eigenvalue weighted by molar-refractivity contribution is 0.608. The van der Waals surface area contributed by atoms with Gasteiger partial charge in [-0.1, -0.05) is 40.5 Å². The predicted molar refractivity (Wildman–Crippen MR) is 53.2 cm³/mol. The van der Waals surface area contributed by atoms with Crippen molar-refractivity contribution in [3.05, 3.63) is 35.1 Å². The molecule has 0 heterocycles. The molecule has 12 heavy (non-hydrogen) atoms. The van der Waals surface area contributed by atoms with Crippen LogP contribution in [0.1, 0.15) is 18.1 Å². The zero-order valence-electron chi connectivity index (χ0n) is 7.27. The van der Waals surface area contributed by atoms with Crippen molar-refractivity contribution in [2.45, 2.75) is 25.1 Å². The molecule has 1 aromatic carbocycles. The maximum atomic E-state index is 13.1. The van der Waals surface area contributed by atoms with Crippen LogP contribution in [-0.4, -0.2) is 4.83 Å². The van der Waals surface area contributed by atoms with E-state index >= 15 is 0 Å². The molecule has 1 rings (SSSR count). The molecule has 0 amide bonds. The van der Waals surface area contributed by atoms with E-state index in [-0.39, 0.29) is 5.82 Å². The van der Waals surface area contributed by atoms with Crippen LogP contribution in [0, 0.1) is 12.7 Å². The van der Waals surface area contributed by atoms with E-state index in [2.05, 4.69) is 15.9 Å². The molecular weight excluding hydrogens is 219 g/mol. The molecule has 1 atom stereocenters. The van der Waals surface area contributed by atoms with Gasteiger partial charge in [0.15, 0.2) is 0 Å². The van der Waals surface area contributed by atoms with Gasteiger partial charge in [0.25, 0.3) is 0 Å². The van der Waals surface area contributed by atoms with Crippen LogP contribution in [-0.2, 0) is 6.42 Å². The summed E-state index contributed by atoms with van der Waals surface area (Å²) in [7, 11) is 0. The van der Waals surface area contributed by atoms with E-state index < -0.39 is 0 Å². The first-order chi connectivity index (χ1) is 5.59. The summed E-state index contributed by atoms with van der Waals surface area (Å²) in [5.41, 5.74) is 1.90. The molecule has 0 fully saturated rings. The Labute approximate surface area is 80.9 Å². The zero-order chi connectivity index (χ0) is 9.14. The van der Waals surface area contributed by atoms with E-state index in [1.54, 1.807) is 6.07 Å². The molecule has 0 aliphatic carbocycles. The van der Waals surface area contributed by atoms with Crippen molar-refractivity contribution in [2.24, 2.45) is 0 Å². The van der Waals surface area contributed by atoms with Crippen LogP contribution >= 0.6 is 15.9 Å². The van der Waals surface area contributed by atoms with Gasteiger partial charge in [0.2, 0.25) is 0 Å². The Balaban J connectivity index is 2.90. The van der Waals surface area contributed by atoms with Gasteiger partial charge in [0.05, 0.1) is 0 Å². The second kappa shape index (κ2) is 4.04. The van der Waals surface area contributed by atoms with Crippen LogP contribution < -0.4 is 0 Å². The molecule has 0 saturated heterocycles. The maximum absolute atomic E-state index is 13.1. The standard InChI is InChI=1S/C10H12BrF/c1-7-3-4-10(12)9(5-7)6-8(2)11/h3-5,8H,6H2,1-2H3. The quantitative estimate of drug-likeness (QED) is 0.683. The van der Waals surface area contributed by atoms with E-state index in [4.69, 9.17) is 0 Å². The second-order valence-electron chi connectivity index (χ2n) is 3.08. The van der Waals surface area contributed by atoms with Crippen LogP contribution in [0.5, 0.6) is 0 Å². The summed E-state index contributed by atoms with van der Waals surface area (Å²) in [6.45, 7) is 3.99. The third-order valence-electron chi connectivity index (χ3n) is 1.70. The fourth-order valence-corrected chi connectivity index (χ4v) is 1.51. The molecule has 0 aromatic heterocycles. The highest BCUT2D eigenvalue weighted by Gasteiger charge is 2.04. The van der Waals surface area contributed by atoms with Gasteiger partial charge in [-0.2, -0.15) is 0 Å². The van der Waals surface area contributed by atoms with Crippen LogP contribution in [0.15, 0.2) is 18.2 Å². The van der Waals surface area contributed by atoms with Crippen LogP contribution in [0.25, 0.3) is 0 Å². The lowest BCUT2D eigenvalue weighted by Gasteiger charge is -2.05. The zero-order valence-corrected chi connectivity index (χ0v) is 8.86. The second-order valence-corrected chi connectivity index (χ2v) is 4.64. The number of benzene rings is 1. The van der Waals surface area contributed by atoms with Crippen molar-refractivity contribution in [1.29, 1.82) is 0 Å². The van der Waals surface area contributed by atoms with Gasteiger partial charge in [-0.3, -0.25) is 0 Å². The summed E-state index contributed by atoms with van der Waals surface area (Å²) in [4.78, 5) is 0.328. The molecule has 0 spiro atoms. The van der Waals surface area contributed by atoms with E-state index in [0.29, 0.717) is 4.83 Å². The van der Waals surface area contributed by atoms with Gasteiger partial charge >= 0.3 is 0 Å². The molecule has 0 nitrogen and oxygen atoms in total. The summed E-state index contributed by atoms with van der Waals surface area (Å²) < 4.78 is 13.1. The minimum absolute atomic E-state index is 0.105. The Morgan fingerprint density at radius 2 is 2.17 bits per heavy atom. The highest BCUT2D eigenvalue weighted by Crippen LogP contribution is 2.14.